The van der Waals surface area contributed by atoms with Crippen molar-refractivity contribution in [3.05, 3.63) is 40.7 Å². The molecule has 0 aliphatic heterocycles. The maximum Gasteiger partial charge on any atom is 0.344 e. The molecule has 164 valence electrons. The quantitative estimate of drug-likeness (QED) is 0.553. The molecule has 0 atom stereocenters. The molecule has 8 nitrogen and oxygen atoms in total. The van der Waals surface area contributed by atoms with Gasteiger partial charge in [-0.2, -0.15) is 4.37 Å². The van der Waals surface area contributed by atoms with Crippen molar-refractivity contribution < 1.29 is 23.8 Å². The molecule has 0 aliphatic rings. The molecule has 2 aromatic rings. The Morgan fingerprint density at radius 1 is 1.33 bits per heavy atom. The van der Waals surface area contributed by atoms with E-state index >= 15 is 0 Å². The number of aryl methyl sites for hydroxylation is 1. The predicted molar refractivity (Wildman–Crippen MR) is 114 cm³/mol. The molecule has 0 radical (unpaired) electrons. The summed E-state index contributed by atoms with van der Waals surface area (Å²) in [6.07, 6.45) is 0. The number of hydrogen-bond donors (Lipinski definition) is 3. The fraction of sp³-hybridized carbons (Fsp3) is 0.450. The Morgan fingerprint density at radius 3 is 2.63 bits per heavy atom. The van der Waals surface area contributed by atoms with Crippen LogP contribution in [0.5, 0.6) is 5.88 Å². The van der Waals surface area contributed by atoms with E-state index in [-0.39, 0.29) is 34.0 Å². The predicted octanol–water partition coefficient (Wildman–Crippen LogP) is 3.58. The third kappa shape index (κ3) is 6.67. The lowest BCUT2D eigenvalue weighted by atomic mass is 9.93. The minimum Gasteiger partial charge on any atom is -0.477 e. The van der Waals surface area contributed by atoms with Gasteiger partial charge in [-0.05, 0) is 49.6 Å². The van der Waals surface area contributed by atoms with Crippen LogP contribution in [0.1, 0.15) is 35.3 Å². The molecule has 1 aromatic carbocycles. The van der Waals surface area contributed by atoms with Gasteiger partial charge in [-0.3, -0.25) is 5.32 Å². The molecule has 0 spiro atoms. The molecule has 0 saturated heterocycles. The lowest BCUT2D eigenvalue weighted by Crippen LogP contribution is -2.41. The normalized spacial score (nSPS) is 11.4. The van der Waals surface area contributed by atoms with Crippen molar-refractivity contribution in [2.75, 3.05) is 32.5 Å². The summed E-state index contributed by atoms with van der Waals surface area (Å²) < 4.78 is 23.4. The van der Waals surface area contributed by atoms with E-state index in [4.69, 9.17) is 4.74 Å². The summed E-state index contributed by atoms with van der Waals surface area (Å²) in [5.74, 6) is -1.91. The van der Waals surface area contributed by atoms with Crippen molar-refractivity contribution in [3.8, 4) is 5.88 Å². The number of hydrogen-bond acceptors (Lipinski definition) is 6. The zero-order chi connectivity index (χ0) is 22.5. The van der Waals surface area contributed by atoms with E-state index in [1.54, 1.807) is 19.1 Å². The number of benzene rings is 1. The number of carboxylic acid groups (broad SMARTS) is 1. The number of carboxylic acids is 1. The van der Waals surface area contributed by atoms with Crippen LogP contribution in [0.15, 0.2) is 18.2 Å². The summed E-state index contributed by atoms with van der Waals surface area (Å²) in [5.41, 5.74) is 0.606. The first kappa shape index (κ1) is 23.6. The molecule has 0 aliphatic carbocycles. The molecule has 10 heteroatoms. The summed E-state index contributed by atoms with van der Waals surface area (Å²) in [7, 11) is 3.89. The number of aromatic carboxylic acids is 1. The van der Waals surface area contributed by atoms with Crippen molar-refractivity contribution >= 4 is 28.5 Å². The zero-order valence-electron chi connectivity index (χ0n) is 17.7. The summed E-state index contributed by atoms with van der Waals surface area (Å²) in [4.78, 5) is 25.9. The van der Waals surface area contributed by atoms with Gasteiger partial charge in [-0.15, -0.1) is 0 Å². The molecule has 0 bridgehead atoms. The molecule has 2 rings (SSSR count). The van der Waals surface area contributed by atoms with Gasteiger partial charge in [0.15, 0.2) is 5.56 Å². The highest BCUT2D eigenvalue weighted by atomic mass is 32.1. The highest BCUT2D eigenvalue weighted by molar-refractivity contribution is 7.11. The number of halogens is 1. The van der Waals surface area contributed by atoms with E-state index in [9.17, 15) is 19.1 Å². The highest BCUT2D eigenvalue weighted by Gasteiger charge is 2.25. The maximum absolute atomic E-state index is 14.0. The van der Waals surface area contributed by atoms with Crippen LogP contribution in [-0.2, 0) is 6.61 Å². The first-order valence-electron chi connectivity index (χ1n) is 9.29. The third-order valence-corrected chi connectivity index (χ3v) is 4.89. The van der Waals surface area contributed by atoms with Crippen LogP contribution in [0.25, 0.3) is 0 Å². The topological polar surface area (TPSA) is 104 Å². The van der Waals surface area contributed by atoms with Crippen molar-refractivity contribution in [1.82, 2.24) is 14.6 Å². The van der Waals surface area contributed by atoms with E-state index in [1.807, 2.05) is 32.8 Å². The number of rotatable bonds is 9. The van der Waals surface area contributed by atoms with Crippen molar-refractivity contribution in [2.45, 2.75) is 27.4 Å². The van der Waals surface area contributed by atoms with Crippen LogP contribution < -0.4 is 15.4 Å². The molecule has 30 heavy (non-hydrogen) atoms. The number of aromatic nitrogens is 1. The second-order valence-corrected chi connectivity index (χ2v) is 8.86. The summed E-state index contributed by atoms with van der Waals surface area (Å²) in [6.45, 7) is 6.77. The molecule has 0 fully saturated rings. The fourth-order valence-corrected chi connectivity index (χ4v) is 3.66. The molecular formula is C20H27FN4O4S. The second kappa shape index (κ2) is 9.86. The molecule has 0 unspecified atom stereocenters. The van der Waals surface area contributed by atoms with Crippen LogP contribution in [-0.4, -0.2) is 53.6 Å². The number of nitrogens with one attached hydrogen (secondary N) is 2. The number of anilines is 1. The maximum atomic E-state index is 14.0. The van der Waals surface area contributed by atoms with Crippen LogP contribution in [0.3, 0.4) is 0 Å². The minimum absolute atomic E-state index is 0.0461. The number of carbonyl (C=O) groups is 2. The average Bonchev–Trinajstić information content (AvgIpc) is 3.01. The van der Waals surface area contributed by atoms with E-state index < -0.39 is 17.8 Å². The summed E-state index contributed by atoms with van der Waals surface area (Å²) in [6, 6.07) is 4.13. The highest BCUT2D eigenvalue weighted by Crippen LogP contribution is 2.31. The monoisotopic (exact) mass is 438 g/mol. The summed E-state index contributed by atoms with van der Waals surface area (Å²) in [5, 5.41) is 14.8. The number of ether oxygens (including phenoxy) is 1. The number of nitrogens with zero attached hydrogens (tertiary/aromatic N) is 2. The van der Waals surface area contributed by atoms with Gasteiger partial charge in [0.05, 0.1) is 0 Å². The van der Waals surface area contributed by atoms with Crippen LogP contribution in [0.4, 0.5) is 14.2 Å². The molecule has 2 amide bonds. The van der Waals surface area contributed by atoms with Gasteiger partial charge >= 0.3 is 12.0 Å². The van der Waals surface area contributed by atoms with Crippen molar-refractivity contribution in [2.24, 2.45) is 5.41 Å². The van der Waals surface area contributed by atoms with E-state index in [0.717, 1.165) is 23.6 Å². The number of carbonyl (C=O) groups excluding carboxylic acids is 1. The molecule has 0 saturated carbocycles. The fourth-order valence-electron chi connectivity index (χ4n) is 2.94. The van der Waals surface area contributed by atoms with Gasteiger partial charge in [0.1, 0.15) is 17.4 Å². The third-order valence-electron chi connectivity index (χ3n) is 4.15. The number of urea groups is 1. The zero-order valence-corrected chi connectivity index (χ0v) is 18.5. The van der Waals surface area contributed by atoms with Crippen LogP contribution in [0, 0.1) is 18.2 Å². The summed E-state index contributed by atoms with van der Waals surface area (Å²) >= 11 is 0.789. The largest absolute Gasteiger partial charge is 0.477 e. The van der Waals surface area contributed by atoms with Crippen LogP contribution >= 0.6 is 11.5 Å². The molecule has 3 N–H and O–H groups in total. The van der Waals surface area contributed by atoms with Crippen molar-refractivity contribution in [1.29, 1.82) is 0 Å². The lowest BCUT2D eigenvalue weighted by Gasteiger charge is -2.28. The SMILES string of the molecule is Cc1ccc(COc2nsc(NC(=O)NCC(C)(C)CN(C)C)c2C(=O)O)c(F)c1. The van der Waals surface area contributed by atoms with Gasteiger partial charge in [-0.25, -0.2) is 14.0 Å². The first-order valence-corrected chi connectivity index (χ1v) is 10.1. The second-order valence-electron chi connectivity index (χ2n) is 8.09. The van der Waals surface area contributed by atoms with E-state index in [0.29, 0.717) is 6.54 Å². The molecule has 1 heterocycles. The Morgan fingerprint density at radius 2 is 2.03 bits per heavy atom. The average molecular weight is 439 g/mol. The molecule has 1 aromatic heterocycles. The smallest absolute Gasteiger partial charge is 0.344 e. The molecular weight excluding hydrogens is 411 g/mol. The Labute approximate surface area is 179 Å². The Balaban J connectivity index is 2.04. The van der Waals surface area contributed by atoms with Gasteiger partial charge in [-0.1, -0.05) is 26.0 Å². The van der Waals surface area contributed by atoms with Gasteiger partial charge < -0.3 is 20.1 Å². The minimum atomic E-state index is -1.30. The number of amides is 2. The van der Waals surface area contributed by atoms with Crippen LogP contribution in [0.2, 0.25) is 0 Å². The van der Waals surface area contributed by atoms with Gasteiger partial charge in [0, 0.05) is 18.7 Å². The first-order chi connectivity index (χ1) is 14.0. The Kier molecular flexibility index (Phi) is 7.74. The Hall–Kier alpha value is -2.72. The van der Waals surface area contributed by atoms with E-state index in [1.165, 1.54) is 6.07 Å². The standard InChI is InChI=1S/C20H27FN4O4S/c1-12-6-7-13(14(21)8-12)9-29-16-15(18(26)27)17(30-24-16)23-19(28)22-10-20(2,3)11-25(4)5/h6-8H,9-11H2,1-5H3,(H,26,27)(H2,22,23,28). The van der Waals surface area contributed by atoms with Gasteiger partial charge in [0.25, 0.3) is 0 Å². The lowest BCUT2D eigenvalue weighted by molar-refractivity contribution is 0.0693. The Bertz CT molecular complexity index is 914. The van der Waals surface area contributed by atoms with Gasteiger partial charge in [0.2, 0.25) is 5.88 Å². The van der Waals surface area contributed by atoms with E-state index in [2.05, 4.69) is 15.0 Å². The van der Waals surface area contributed by atoms with Crippen molar-refractivity contribution in [3.63, 3.8) is 0 Å².